The van der Waals surface area contributed by atoms with Crippen LogP contribution in [0.4, 0.5) is 32.0 Å². The largest absolute Gasteiger partial charge is 0.418 e. The average Bonchev–Trinajstić information content (AvgIpc) is 3.20. The Morgan fingerprint density at radius 1 is 1.06 bits per heavy atom. The van der Waals surface area contributed by atoms with E-state index in [2.05, 4.69) is 10.1 Å². The van der Waals surface area contributed by atoms with Gasteiger partial charge >= 0.3 is 12.4 Å². The molecule has 1 amide bonds. The van der Waals surface area contributed by atoms with Crippen LogP contribution < -0.4 is 5.32 Å². The number of nitrogens with zero attached hydrogens (tertiary/aromatic N) is 3. The number of alkyl halides is 6. The zero-order valence-corrected chi connectivity index (χ0v) is 17.6. The van der Waals surface area contributed by atoms with E-state index in [4.69, 9.17) is 0 Å². The summed E-state index contributed by atoms with van der Waals surface area (Å²) in [7, 11) is 0. The van der Waals surface area contributed by atoms with E-state index in [1.807, 2.05) is 5.32 Å². The number of fused-ring (bicyclic) bond motifs is 1. The second kappa shape index (κ2) is 8.90. The lowest BCUT2D eigenvalue weighted by molar-refractivity contribution is -0.138. The molecule has 0 spiro atoms. The predicted molar refractivity (Wildman–Crippen MR) is 110 cm³/mol. The van der Waals surface area contributed by atoms with Gasteiger partial charge in [-0.25, -0.2) is 0 Å². The Morgan fingerprint density at radius 2 is 1.74 bits per heavy atom. The number of benzene rings is 1. The number of pyridine rings is 1. The van der Waals surface area contributed by atoms with E-state index in [-0.39, 0.29) is 24.1 Å². The van der Waals surface area contributed by atoms with E-state index < -0.39 is 40.8 Å². The Morgan fingerprint density at radius 3 is 2.35 bits per heavy atom. The van der Waals surface area contributed by atoms with Crippen LogP contribution in [-0.4, -0.2) is 32.4 Å². The van der Waals surface area contributed by atoms with Crippen molar-refractivity contribution in [3.05, 3.63) is 53.5 Å². The van der Waals surface area contributed by atoms with Crippen LogP contribution in [0.3, 0.4) is 0 Å². The zero-order valence-electron chi connectivity index (χ0n) is 17.6. The van der Waals surface area contributed by atoms with E-state index in [9.17, 15) is 36.2 Å². The Hall–Kier alpha value is -3.15. The summed E-state index contributed by atoms with van der Waals surface area (Å²) < 4.78 is 82.8. The molecule has 3 aromatic rings. The van der Waals surface area contributed by atoms with Gasteiger partial charge in [-0.1, -0.05) is 0 Å². The van der Waals surface area contributed by atoms with Crippen LogP contribution in [0.5, 0.6) is 0 Å². The van der Waals surface area contributed by atoms with Crippen LogP contribution in [0.2, 0.25) is 0 Å². The number of hydrogen-bond donors (Lipinski definition) is 2. The molecule has 6 nitrogen and oxygen atoms in total. The normalized spacial score (nSPS) is 19.4. The van der Waals surface area contributed by atoms with Gasteiger partial charge in [0.25, 0.3) is 5.91 Å². The van der Waals surface area contributed by atoms with Crippen molar-refractivity contribution in [1.82, 2.24) is 14.8 Å². The van der Waals surface area contributed by atoms with Gasteiger partial charge < -0.3 is 10.4 Å². The molecule has 0 bridgehead atoms. The lowest BCUT2D eigenvalue weighted by atomic mass is 9.86. The van der Waals surface area contributed by atoms with E-state index in [1.165, 1.54) is 10.9 Å². The third-order valence-corrected chi connectivity index (χ3v) is 6.04. The van der Waals surface area contributed by atoms with Crippen LogP contribution in [-0.2, 0) is 12.4 Å². The molecule has 1 aliphatic rings. The molecular formula is C22H20F6N4O2. The molecule has 34 heavy (non-hydrogen) atoms. The van der Waals surface area contributed by atoms with E-state index in [0.29, 0.717) is 37.1 Å². The number of carbonyl (C=O) groups excluding carboxylic acids is 1. The maximum absolute atomic E-state index is 13.9. The quantitative estimate of drug-likeness (QED) is 0.481. The first kappa shape index (κ1) is 24.0. The van der Waals surface area contributed by atoms with Gasteiger partial charge in [-0.15, -0.1) is 0 Å². The Balaban J connectivity index is 1.71. The summed E-state index contributed by atoms with van der Waals surface area (Å²) in [5.41, 5.74) is -4.07. The van der Waals surface area contributed by atoms with Crippen molar-refractivity contribution in [2.75, 3.05) is 11.9 Å². The highest BCUT2D eigenvalue weighted by molar-refractivity contribution is 6.05. The Bertz CT molecular complexity index is 1200. The van der Waals surface area contributed by atoms with Crippen molar-refractivity contribution in [3.63, 3.8) is 0 Å². The van der Waals surface area contributed by atoms with Gasteiger partial charge in [-0.3, -0.25) is 14.5 Å². The first-order valence-electron chi connectivity index (χ1n) is 10.5. The van der Waals surface area contributed by atoms with Crippen molar-refractivity contribution < 1.29 is 36.2 Å². The first-order valence-corrected chi connectivity index (χ1v) is 10.5. The van der Waals surface area contributed by atoms with Crippen LogP contribution >= 0.6 is 0 Å². The Labute approximate surface area is 189 Å². The summed E-state index contributed by atoms with van der Waals surface area (Å²) in [6.07, 6.45) is -4.78. The monoisotopic (exact) mass is 486 g/mol. The van der Waals surface area contributed by atoms with Crippen LogP contribution in [0.15, 0.2) is 36.7 Å². The molecule has 4 rings (SSSR count). The maximum atomic E-state index is 13.9. The fourth-order valence-corrected chi connectivity index (χ4v) is 4.29. The van der Waals surface area contributed by atoms with E-state index in [0.717, 1.165) is 24.4 Å². The van der Waals surface area contributed by atoms with Gasteiger partial charge in [0.05, 0.1) is 34.6 Å². The fraction of sp³-hybridized carbons (Fsp3) is 0.409. The van der Waals surface area contributed by atoms with E-state index in [1.54, 1.807) is 0 Å². The van der Waals surface area contributed by atoms with Gasteiger partial charge in [0.15, 0.2) is 0 Å². The molecule has 1 fully saturated rings. The van der Waals surface area contributed by atoms with Crippen molar-refractivity contribution in [2.24, 2.45) is 5.92 Å². The second-order valence-electron chi connectivity index (χ2n) is 8.25. The molecule has 0 atom stereocenters. The summed E-state index contributed by atoms with van der Waals surface area (Å²) >= 11 is 0. The van der Waals surface area contributed by atoms with Crippen molar-refractivity contribution in [3.8, 4) is 0 Å². The molecular weight excluding hydrogens is 466 g/mol. The molecule has 0 radical (unpaired) electrons. The van der Waals surface area contributed by atoms with Crippen LogP contribution in [0, 0.1) is 5.92 Å². The molecule has 2 N–H and O–H groups in total. The fourth-order valence-electron chi connectivity index (χ4n) is 4.29. The number of amides is 1. The van der Waals surface area contributed by atoms with Gasteiger partial charge in [-0.2, -0.15) is 31.4 Å². The lowest BCUT2D eigenvalue weighted by Gasteiger charge is -2.28. The summed E-state index contributed by atoms with van der Waals surface area (Å²) in [6, 6.07) is 3.36. The smallest absolute Gasteiger partial charge is 0.396 e. The third-order valence-electron chi connectivity index (χ3n) is 6.04. The molecule has 182 valence electrons. The third kappa shape index (κ3) is 4.72. The van der Waals surface area contributed by atoms with Gasteiger partial charge in [0, 0.05) is 18.2 Å². The standard InChI is InChI=1S/C22H20F6N4O2/c23-21(24,25)15-2-1-7-29-19(15)20(34)31-17-8-13-10-30-32(14-5-3-12(11-33)4-6-14)18(13)9-16(17)22(26,27)28/h1-2,7-10,12,14,33H,3-6,11H2,(H,31,34). The molecule has 12 heteroatoms. The zero-order chi connectivity index (χ0) is 24.7. The highest BCUT2D eigenvalue weighted by Gasteiger charge is 2.38. The average molecular weight is 486 g/mol. The van der Waals surface area contributed by atoms with Crippen LogP contribution in [0.1, 0.15) is 53.3 Å². The number of aromatic nitrogens is 3. The predicted octanol–water partition coefficient (Wildman–Crippen LogP) is 5.44. The number of rotatable bonds is 4. The molecule has 1 aliphatic carbocycles. The molecule has 1 saturated carbocycles. The first-order chi connectivity index (χ1) is 16.0. The summed E-state index contributed by atoms with van der Waals surface area (Å²) in [4.78, 5) is 16.0. The van der Waals surface area contributed by atoms with Gasteiger partial charge in [0.2, 0.25) is 0 Å². The number of aliphatic hydroxyl groups excluding tert-OH is 1. The van der Waals surface area contributed by atoms with Gasteiger partial charge in [0.1, 0.15) is 5.69 Å². The minimum absolute atomic E-state index is 0.0557. The number of halogens is 6. The molecule has 1 aromatic carbocycles. The number of nitrogens with one attached hydrogen (secondary N) is 1. The number of anilines is 1. The van der Waals surface area contributed by atoms with Crippen molar-refractivity contribution >= 4 is 22.5 Å². The molecule has 0 saturated heterocycles. The highest BCUT2D eigenvalue weighted by atomic mass is 19.4. The molecule has 2 heterocycles. The highest BCUT2D eigenvalue weighted by Crippen LogP contribution is 2.40. The summed E-state index contributed by atoms with van der Waals surface area (Å²) in [5, 5.41) is 15.8. The number of aliphatic hydroxyl groups is 1. The number of carbonyl (C=O) groups is 1. The maximum Gasteiger partial charge on any atom is 0.418 e. The molecule has 2 aromatic heterocycles. The summed E-state index contributed by atoms with van der Waals surface area (Å²) in [5.74, 6) is -1.26. The van der Waals surface area contributed by atoms with Crippen LogP contribution in [0.25, 0.3) is 10.9 Å². The van der Waals surface area contributed by atoms with Crippen molar-refractivity contribution in [2.45, 2.75) is 44.1 Å². The SMILES string of the molecule is O=C(Nc1cc2cnn(C3CCC(CO)CC3)c2cc1C(F)(F)F)c1ncccc1C(F)(F)F. The number of hydrogen-bond acceptors (Lipinski definition) is 4. The second-order valence-corrected chi connectivity index (χ2v) is 8.25. The Kier molecular flexibility index (Phi) is 6.28. The summed E-state index contributed by atoms with van der Waals surface area (Å²) in [6.45, 7) is 0.0557. The van der Waals surface area contributed by atoms with Crippen molar-refractivity contribution in [1.29, 1.82) is 0 Å². The lowest BCUT2D eigenvalue weighted by Crippen LogP contribution is -2.22. The molecule has 0 aliphatic heterocycles. The minimum atomic E-state index is -4.91. The van der Waals surface area contributed by atoms with E-state index >= 15 is 0 Å². The topological polar surface area (TPSA) is 80.0 Å². The minimum Gasteiger partial charge on any atom is -0.396 e. The van der Waals surface area contributed by atoms with Gasteiger partial charge in [-0.05, 0) is 55.9 Å². The molecule has 0 unspecified atom stereocenters.